The number of hydrogen-bond donors (Lipinski definition) is 1. The zero-order chi connectivity index (χ0) is 13.0. The first-order valence-electron chi connectivity index (χ1n) is 4.11. The van der Waals surface area contributed by atoms with Crippen LogP contribution in [0.25, 0.3) is 0 Å². The number of allylic oxidation sites excluding steroid dienone is 1. The predicted molar refractivity (Wildman–Crippen MR) is 69.7 cm³/mol. The topological polar surface area (TPSA) is 59.6 Å². The third kappa shape index (κ3) is 3.19. The summed E-state index contributed by atoms with van der Waals surface area (Å²) in [5, 5.41) is 19.7. The van der Waals surface area contributed by atoms with Gasteiger partial charge in [-0.05, 0) is 37.9 Å². The maximum Gasteiger partial charge on any atom is 0.158 e. The molecule has 0 bridgehead atoms. The van der Waals surface area contributed by atoms with Gasteiger partial charge in [0.05, 0.1) is 15.2 Å². The van der Waals surface area contributed by atoms with E-state index in [1.807, 2.05) is 0 Å². The number of nitrogens with zero attached hydrogens (tertiary/aromatic N) is 2. The van der Waals surface area contributed by atoms with Gasteiger partial charge in [0.15, 0.2) is 5.82 Å². The van der Waals surface area contributed by atoms with Crippen molar-refractivity contribution in [3.05, 3.63) is 37.6 Å². The van der Waals surface area contributed by atoms with Gasteiger partial charge in [-0.2, -0.15) is 10.5 Å². The molecule has 0 radical (unpaired) electrons. The van der Waals surface area contributed by atoms with E-state index in [1.165, 1.54) is 12.3 Å². The molecular formula is C10H3Br2ClFN3. The van der Waals surface area contributed by atoms with Crippen molar-refractivity contribution in [1.82, 2.24) is 0 Å². The zero-order valence-electron chi connectivity index (χ0n) is 8.06. The zero-order valence-corrected chi connectivity index (χ0v) is 12.0. The molecule has 0 saturated heterocycles. The first-order valence-corrected chi connectivity index (χ1v) is 6.07. The summed E-state index contributed by atoms with van der Waals surface area (Å²) in [4.78, 5) is 0. The van der Waals surface area contributed by atoms with Crippen LogP contribution in [0.15, 0.2) is 26.8 Å². The van der Waals surface area contributed by atoms with Gasteiger partial charge in [-0.1, -0.05) is 11.6 Å². The summed E-state index contributed by atoms with van der Waals surface area (Å²) in [7, 11) is 0. The Balaban J connectivity index is 3.18. The van der Waals surface area contributed by atoms with Crippen molar-refractivity contribution >= 4 is 49.1 Å². The number of anilines is 1. The van der Waals surface area contributed by atoms with E-state index in [-0.39, 0.29) is 15.1 Å². The van der Waals surface area contributed by atoms with E-state index in [1.54, 1.807) is 12.1 Å². The van der Waals surface area contributed by atoms with Crippen molar-refractivity contribution in [2.24, 2.45) is 0 Å². The minimum atomic E-state index is -0.624. The maximum atomic E-state index is 13.5. The molecule has 0 spiro atoms. The van der Waals surface area contributed by atoms with Crippen LogP contribution in [0.5, 0.6) is 0 Å². The molecule has 17 heavy (non-hydrogen) atoms. The van der Waals surface area contributed by atoms with Gasteiger partial charge in [0.25, 0.3) is 0 Å². The van der Waals surface area contributed by atoms with Crippen LogP contribution < -0.4 is 5.32 Å². The number of halogens is 4. The first-order chi connectivity index (χ1) is 8.01. The predicted octanol–water partition coefficient (Wildman–Crippen LogP) is 4.35. The molecule has 0 unspecified atom stereocenters. The van der Waals surface area contributed by atoms with Crippen LogP contribution in [0.4, 0.5) is 10.1 Å². The Labute approximate surface area is 119 Å². The smallest absolute Gasteiger partial charge is 0.158 e. The molecule has 1 aromatic carbocycles. The van der Waals surface area contributed by atoms with Crippen LogP contribution in [0.1, 0.15) is 0 Å². The van der Waals surface area contributed by atoms with Gasteiger partial charge in [-0.25, -0.2) is 4.39 Å². The number of hydrogen-bond acceptors (Lipinski definition) is 3. The molecule has 0 atom stereocenters. The highest BCUT2D eigenvalue weighted by Gasteiger charge is 2.13. The van der Waals surface area contributed by atoms with Crippen molar-refractivity contribution in [3.63, 3.8) is 0 Å². The van der Waals surface area contributed by atoms with Crippen molar-refractivity contribution in [2.45, 2.75) is 0 Å². The van der Waals surface area contributed by atoms with Gasteiger partial charge in [-0.3, -0.25) is 0 Å². The molecular weight excluding hydrogens is 376 g/mol. The van der Waals surface area contributed by atoms with E-state index >= 15 is 0 Å². The minimum absolute atomic E-state index is 0.0425. The summed E-state index contributed by atoms with van der Waals surface area (Å²) in [6.45, 7) is 0. The van der Waals surface area contributed by atoms with Gasteiger partial charge in [0.2, 0.25) is 0 Å². The van der Waals surface area contributed by atoms with Crippen molar-refractivity contribution in [1.29, 1.82) is 10.5 Å². The van der Waals surface area contributed by atoms with Crippen LogP contribution in [0.2, 0.25) is 5.02 Å². The van der Waals surface area contributed by atoms with Gasteiger partial charge in [-0.15, -0.1) is 0 Å². The van der Waals surface area contributed by atoms with E-state index in [2.05, 4.69) is 37.2 Å². The Bertz CT molecular complexity index is 556. The molecule has 0 aliphatic heterocycles. The molecule has 0 aliphatic carbocycles. The monoisotopic (exact) mass is 377 g/mol. The van der Waals surface area contributed by atoms with E-state index in [4.69, 9.17) is 22.1 Å². The van der Waals surface area contributed by atoms with Crippen LogP contribution in [-0.4, -0.2) is 0 Å². The standard InChI is InChI=1S/C10H3Br2ClFN3/c11-6-1-7(13)9(14)8(12)10(6)17-4-5(2-15)3-16/h1,4,17H. The molecule has 7 heteroatoms. The summed E-state index contributed by atoms with van der Waals surface area (Å²) in [5.74, 6) is -0.624. The quantitative estimate of drug-likeness (QED) is 0.472. The van der Waals surface area contributed by atoms with E-state index in [0.717, 1.165) is 0 Å². The third-order valence-electron chi connectivity index (χ3n) is 1.72. The lowest BCUT2D eigenvalue weighted by Gasteiger charge is -2.09. The summed E-state index contributed by atoms with van der Waals surface area (Å²) in [5.41, 5.74) is 0.217. The molecule has 0 amide bonds. The lowest BCUT2D eigenvalue weighted by Crippen LogP contribution is -1.95. The number of rotatable bonds is 2. The van der Waals surface area contributed by atoms with Crippen molar-refractivity contribution < 1.29 is 4.39 Å². The fraction of sp³-hybridized carbons (Fsp3) is 0. The van der Waals surface area contributed by atoms with Crippen molar-refractivity contribution in [3.8, 4) is 12.1 Å². The fourth-order valence-corrected chi connectivity index (χ4v) is 2.73. The molecule has 0 heterocycles. The number of nitriles is 2. The molecule has 1 rings (SSSR count). The number of benzene rings is 1. The second-order valence-electron chi connectivity index (χ2n) is 2.77. The van der Waals surface area contributed by atoms with E-state index in [9.17, 15) is 4.39 Å². The second kappa shape index (κ2) is 6.02. The highest BCUT2D eigenvalue weighted by atomic mass is 79.9. The molecule has 0 aromatic heterocycles. The molecule has 3 nitrogen and oxygen atoms in total. The summed E-state index contributed by atoms with van der Waals surface area (Å²) >= 11 is 11.8. The SMILES string of the molecule is N#CC(C#N)=CNc1c(Br)cc(Cl)c(F)c1Br. The highest BCUT2D eigenvalue weighted by molar-refractivity contribution is 9.11. The Hall–Kier alpha value is -1.08. The average molecular weight is 379 g/mol. The van der Waals surface area contributed by atoms with Gasteiger partial charge in [0, 0.05) is 10.7 Å². The summed E-state index contributed by atoms with van der Waals surface area (Å²) < 4.78 is 14.1. The Morgan fingerprint density at radius 3 is 2.53 bits per heavy atom. The first kappa shape index (κ1) is 14.0. The number of nitrogens with one attached hydrogen (secondary N) is 1. The van der Waals surface area contributed by atoms with Crippen LogP contribution in [0.3, 0.4) is 0 Å². The van der Waals surface area contributed by atoms with Crippen LogP contribution in [0, 0.1) is 28.5 Å². The lowest BCUT2D eigenvalue weighted by molar-refractivity contribution is 0.622. The van der Waals surface area contributed by atoms with Crippen LogP contribution >= 0.6 is 43.5 Å². The third-order valence-corrected chi connectivity index (χ3v) is 3.36. The lowest BCUT2D eigenvalue weighted by atomic mass is 10.3. The maximum absolute atomic E-state index is 13.5. The molecule has 0 aliphatic rings. The van der Waals surface area contributed by atoms with E-state index < -0.39 is 5.82 Å². The van der Waals surface area contributed by atoms with E-state index in [0.29, 0.717) is 10.2 Å². The Kier molecular flexibility index (Phi) is 4.95. The second-order valence-corrected chi connectivity index (χ2v) is 4.82. The largest absolute Gasteiger partial charge is 0.358 e. The molecule has 1 aromatic rings. The summed E-state index contributed by atoms with van der Waals surface area (Å²) in [6.07, 6.45) is 1.18. The Morgan fingerprint density at radius 1 is 1.41 bits per heavy atom. The molecule has 86 valence electrons. The van der Waals surface area contributed by atoms with Crippen molar-refractivity contribution in [2.75, 3.05) is 5.32 Å². The van der Waals surface area contributed by atoms with Gasteiger partial charge >= 0.3 is 0 Å². The normalized spacial score (nSPS) is 9.06. The minimum Gasteiger partial charge on any atom is -0.358 e. The van der Waals surface area contributed by atoms with Crippen LogP contribution in [-0.2, 0) is 0 Å². The Morgan fingerprint density at radius 2 is 2.00 bits per heavy atom. The fourth-order valence-electron chi connectivity index (χ4n) is 0.932. The summed E-state index contributed by atoms with van der Waals surface area (Å²) in [6, 6.07) is 4.72. The van der Waals surface area contributed by atoms with Gasteiger partial charge < -0.3 is 5.32 Å². The molecule has 0 saturated carbocycles. The average Bonchev–Trinajstić information content (AvgIpc) is 2.31. The highest BCUT2D eigenvalue weighted by Crippen LogP contribution is 2.37. The molecule has 1 N–H and O–H groups in total. The molecule has 0 fully saturated rings. The van der Waals surface area contributed by atoms with Gasteiger partial charge in [0.1, 0.15) is 17.7 Å².